The predicted molar refractivity (Wildman–Crippen MR) is 118 cm³/mol. The molecule has 0 fully saturated rings. The van der Waals surface area contributed by atoms with Gasteiger partial charge >= 0.3 is 5.63 Å². The summed E-state index contributed by atoms with van der Waals surface area (Å²) in [4.78, 5) is 24.9. The number of methoxy groups -OCH3 is 1. The van der Waals surface area contributed by atoms with Crippen molar-refractivity contribution in [2.24, 2.45) is 0 Å². The number of carbonyl (C=O) groups is 1. The molecule has 3 aromatic rings. The van der Waals surface area contributed by atoms with Gasteiger partial charge < -0.3 is 14.3 Å². The third-order valence-corrected chi connectivity index (χ3v) is 5.04. The van der Waals surface area contributed by atoms with Crippen LogP contribution in [0.25, 0.3) is 17.0 Å². The largest absolute Gasteiger partial charge is 0.508 e. The van der Waals surface area contributed by atoms with Crippen molar-refractivity contribution < 1.29 is 19.1 Å². The first-order chi connectivity index (χ1) is 14.5. The summed E-state index contributed by atoms with van der Waals surface area (Å²) in [6.45, 7) is 2.15. The van der Waals surface area contributed by atoms with Crippen molar-refractivity contribution >= 4 is 22.8 Å². The molecule has 0 saturated carbocycles. The number of allylic oxidation sites excluding steroid dienone is 1. The van der Waals surface area contributed by atoms with Gasteiger partial charge in [0.05, 0.1) is 7.11 Å². The fraction of sp³-hybridized carbons (Fsp3) is 0.280. The van der Waals surface area contributed by atoms with Crippen LogP contribution >= 0.6 is 0 Å². The summed E-state index contributed by atoms with van der Waals surface area (Å²) in [5, 5.41) is 10.9. The number of fused-ring (bicyclic) bond motifs is 1. The fourth-order valence-electron chi connectivity index (χ4n) is 3.29. The maximum atomic E-state index is 12.6. The Morgan fingerprint density at radius 2 is 1.87 bits per heavy atom. The summed E-state index contributed by atoms with van der Waals surface area (Å²) in [5.41, 5.74) is 1.12. The molecule has 1 aromatic heterocycles. The van der Waals surface area contributed by atoms with E-state index in [0.29, 0.717) is 5.39 Å². The van der Waals surface area contributed by atoms with Crippen LogP contribution in [0.4, 0.5) is 0 Å². The molecule has 0 atom stereocenters. The molecule has 1 N–H and O–H groups in total. The lowest BCUT2D eigenvalue weighted by Crippen LogP contribution is -2.12. The number of phenolic OH excluding ortho intramolecular Hbond substituents is 1. The van der Waals surface area contributed by atoms with Gasteiger partial charge in [-0.05, 0) is 54.3 Å². The third kappa shape index (κ3) is 5.17. The Bertz CT molecular complexity index is 1110. The molecule has 0 amide bonds. The second-order valence-corrected chi connectivity index (χ2v) is 7.25. The Morgan fingerprint density at radius 3 is 2.57 bits per heavy atom. The van der Waals surface area contributed by atoms with Crippen LogP contribution in [0.5, 0.6) is 11.5 Å². The van der Waals surface area contributed by atoms with Crippen molar-refractivity contribution in [1.29, 1.82) is 0 Å². The number of hydrogen-bond donors (Lipinski definition) is 1. The molecule has 5 heteroatoms. The van der Waals surface area contributed by atoms with Gasteiger partial charge in [0.15, 0.2) is 5.78 Å². The minimum absolute atomic E-state index is 0.0325. The maximum Gasteiger partial charge on any atom is 0.347 e. The highest BCUT2D eigenvalue weighted by Gasteiger charge is 2.13. The number of phenols is 1. The van der Waals surface area contributed by atoms with E-state index in [1.807, 2.05) is 12.1 Å². The lowest BCUT2D eigenvalue weighted by molar-refractivity contribution is 0.104. The number of benzene rings is 2. The molecule has 156 valence electrons. The van der Waals surface area contributed by atoms with Crippen LogP contribution in [-0.2, 0) is 6.42 Å². The van der Waals surface area contributed by atoms with Gasteiger partial charge in [0.2, 0.25) is 0 Å². The van der Waals surface area contributed by atoms with E-state index in [0.717, 1.165) is 49.0 Å². The first-order valence-corrected chi connectivity index (χ1v) is 10.2. The topological polar surface area (TPSA) is 76.7 Å². The van der Waals surface area contributed by atoms with Crippen LogP contribution in [0, 0.1) is 0 Å². The van der Waals surface area contributed by atoms with Crippen LogP contribution < -0.4 is 10.4 Å². The van der Waals surface area contributed by atoms with Crippen molar-refractivity contribution in [2.45, 2.75) is 39.0 Å². The minimum Gasteiger partial charge on any atom is -0.508 e. The molecule has 0 bridgehead atoms. The number of rotatable bonds is 9. The van der Waals surface area contributed by atoms with E-state index in [2.05, 4.69) is 6.92 Å². The van der Waals surface area contributed by atoms with E-state index in [1.165, 1.54) is 18.2 Å². The van der Waals surface area contributed by atoms with Gasteiger partial charge in [0.25, 0.3) is 0 Å². The molecule has 2 aromatic carbocycles. The molecular formula is C25H26O5. The van der Waals surface area contributed by atoms with Gasteiger partial charge in [0.1, 0.15) is 22.6 Å². The molecule has 0 unspecified atom stereocenters. The van der Waals surface area contributed by atoms with Crippen molar-refractivity contribution in [3.63, 3.8) is 0 Å². The quantitative estimate of drug-likeness (QED) is 0.219. The van der Waals surface area contributed by atoms with Crippen molar-refractivity contribution in [2.75, 3.05) is 7.11 Å². The molecular weight excluding hydrogens is 380 g/mol. The van der Waals surface area contributed by atoms with Crippen LogP contribution in [0.1, 0.15) is 54.1 Å². The molecule has 1 heterocycles. The van der Waals surface area contributed by atoms with E-state index >= 15 is 0 Å². The maximum absolute atomic E-state index is 12.6. The number of unbranched alkanes of at least 4 members (excludes halogenated alkanes) is 3. The lowest BCUT2D eigenvalue weighted by atomic mass is 10.0. The number of aryl methyl sites for hydroxylation is 1. The first kappa shape index (κ1) is 21.4. The summed E-state index contributed by atoms with van der Waals surface area (Å²) in [7, 11) is 1.59. The number of ketones is 1. The number of carbonyl (C=O) groups excluding carboxylic acids is 1. The molecule has 0 saturated heterocycles. The number of hydrogen-bond acceptors (Lipinski definition) is 5. The highest BCUT2D eigenvalue weighted by molar-refractivity contribution is 6.07. The van der Waals surface area contributed by atoms with E-state index < -0.39 is 11.4 Å². The van der Waals surface area contributed by atoms with Crippen LogP contribution in [0.3, 0.4) is 0 Å². The predicted octanol–water partition coefficient (Wildman–Crippen LogP) is 5.53. The van der Waals surface area contributed by atoms with E-state index in [4.69, 9.17) is 9.15 Å². The minimum atomic E-state index is -0.720. The van der Waals surface area contributed by atoms with Gasteiger partial charge in [-0.15, -0.1) is 0 Å². The van der Waals surface area contributed by atoms with Crippen LogP contribution in [0.2, 0.25) is 0 Å². The molecule has 0 aliphatic heterocycles. The highest BCUT2D eigenvalue weighted by atomic mass is 16.5. The molecule has 5 nitrogen and oxygen atoms in total. The molecule has 0 aliphatic carbocycles. The Balaban J connectivity index is 1.84. The van der Waals surface area contributed by atoms with Crippen molar-refractivity contribution in [3.8, 4) is 11.5 Å². The Morgan fingerprint density at radius 1 is 1.10 bits per heavy atom. The van der Waals surface area contributed by atoms with E-state index in [-0.39, 0.29) is 16.9 Å². The second-order valence-electron chi connectivity index (χ2n) is 7.25. The third-order valence-electron chi connectivity index (χ3n) is 5.04. The monoisotopic (exact) mass is 406 g/mol. The van der Waals surface area contributed by atoms with Gasteiger partial charge in [-0.1, -0.05) is 44.4 Å². The summed E-state index contributed by atoms with van der Waals surface area (Å²) in [5.74, 6) is 0.405. The second kappa shape index (κ2) is 9.92. The zero-order valence-corrected chi connectivity index (χ0v) is 17.3. The fourth-order valence-corrected chi connectivity index (χ4v) is 3.29. The standard InChI is InChI=1S/C25H26O5/c1-3-4-5-6-7-18-14-19-15-21(25(28)30-24(19)16-23(18)27)22(26)13-10-17-8-11-20(29-2)12-9-17/h8-16,27H,3-7H2,1-2H3/b13-10+. The highest BCUT2D eigenvalue weighted by Crippen LogP contribution is 2.26. The SMILES string of the molecule is CCCCCCc1cc2cc(C(=O)/C=C/c3ccc(OC)cc3)c(=O)oc2cc1O. The average Bonchev–Trinajstić information content (AvgIpc) is 2.75. The summed E-state index contributed by atoms with van der Waals surface area (Å²) < 4.78 is 10.4. The first-order valence-electron chi connectivity index (χ1n) is 10.2. The smallest absolute Gasteiger partial charge is 0.347 e. The summed E-state index contributed by atoms with van der Waals surface area (Å²) in [6.07, 6.45) is 8.10. The Hall–Kier alpha value is -3.34. The van der Waals surface area contributed by atoms with Gasteiger partial charge in [-0.2, -0.15) is 0 Å². The van der Waals surface area contributed by atoms with Crippen molar-refractivity contribution in [3.05, 3.63) is 75.7 Å². The molecule has 3 rings (SSSR count). The average molecular weight is 406 g/mol. The zero-order chi connectivity index (χ0) is 21.5. The van der Waals surface area contributed by atoms with Crippen LogP contribution in [0.15, 0.2) is 57.8 Å². The van der Waals surface area contributed by atoms with Crippen LogP contribution in [-0.4, -0.2) is 18.0 Å². The van der Waals surface area contributed by atoms with Crippen molar-refractivity contribution in [1.82, 2.24) is 0 Å². The Kier molecular flexibility index (Phi) is 7.07. The van der Waals surface area contributed by atoms with E-state index in [1.54, 1.807) is 31.4 Å². The van der Waals surface area contributed by atoms with Gasteiger partial charge in [-0.3, -0.25) is 4.79 Å². The normalized spacial score (nSPS) is 11.3. The zero-order valence-electron chi connectivity index (χ0n) is 17.3. The summed E-state index contributed by atoms with van der Waals surface area (Å²) >= 11 is 0. The summed E-state index contributed by atoms with van der Waals surface area (Å²) in [6, 6.07) is 12.0. The lowest BCUT2D eigenvalue weighted by Gasteiger charge is -2.07. The molecule has 0 aliphatic rings. The number of aromatic hydroxyl groups is 1. The Labute approximate surface area is 175 Å². The van der Waals surface area contributed by atoms with Gasteiger partial charge in [-0.25, -0.2) is 4.79 Å². The van der Waals surface area contributed by atoms with Gasteiger partial charge in [0, 0.05) is 11.5 Å². The number of ether oxygens (including phenoxy) is 1. The molecule has 30 heavy (non-hydrogen) atoms. The molecule has 0 spiro atoms. The van der Waals surface area contributed by atoms with E-state index in [9.17, 15) is 14.7 Å². The molecule has 0 radical (unpaired) electrons.